The van der Waals surface area contributed by atoms with Crippen molar-refractivity contribution in [2.24, 2.45) is 0 Å². The zero-order chi connectivity index (χ0) is 20.1. The van der Waals surface area contributed by atoms with Crippen LogP contribution < -0.4 is 0 Å². The second-order valence-electron chi connectivity index (χ2n) is 6.91. The predicted molar refractivity (Wildman–Crippen MR) is 117 cm³/mol. The predicted octanol–water partition coefficient (Wildman–Crippen LogP) is 4.39. The molecule has 4 nitrogen and oxygen atoms in total. The van der Waals surface area contributed by atoms with Crippen molar-refractivity contribution in [1.82, 2.24) is 14.8 Å². The summed E-state index contributed by atoms with van der Waals surface area (Å²) < 4.78 is 13.0. The quantitative estimate of drug-likeness (QED) is 0.547. The summed E-state index contributed by atoms with van der Waals surface area (Å²) in [5, 5.41) is 3.17. The number of carbonyl (C=O) groups excluding carboxylic acids is 1. The Labute approximate surface area is 178 Å². The summed E-state index contributed by atoms with van der Waals surface area (Å²) in [6.07, 6.45) is 0. The summed E-state index contributed by atoms with van der Waals surface area (Å²) in [7, 11) is 0. The molecule has 1 saturated heterocycles. The number of thiazole rings is 1. The van der Waals surface area contributed by atoms with E-state index >= 15 is 0 Å². The maximum atomic E-state index is 13.0. The van der Waals surface area contributed by atoms with Crippen LogP contribution in [0.1, 0.15) is 5.69 Å². The van der Waals surface area contributed by atoms with Crippen molar-refractivity contribution in [3.05, 3.63) is 71.5 Å². The van der Waals surface area contributed by atoms with Crippen LogP contribution in [0, 0.1) is 5.82 Å². The second-order valence-corrected chi connectivity index (χ2v) is 8.82. The molecule has 2 heterocycles. The topological polar surface area (TPSA) is 36.4 Å². The molecular formula is C22H22FN3OS2. The van der Waals surface area contributed by atoms with Gasteiger partial charge in [0.2, 0.25) is 5.91 Å². The van der Waals surface area contributed by atoms with E-state index in [-0.39, 0.29) is 11.7 Å². The molecule has 0 aliphatic carbocycles. The fraction of sp³-hybridized carbons (Fsp3) is 0.273. The minimum absolute atomic E-state index is 0.138. The molecule has 1 aliphatic rings. The van der Waals surface area contributed by atoms with Crippen LogP contribution in [0.15, 0.2) is 64.9 Å². The number of amides is 1. The van der Waals surface area contributed by atoms with E-state index in [1.54, 1.807) is 23.5 Å². The van der Waals surface area contributed by atoms with E-state index in [1.165, 1.54) is 23.9 Å². The maximum absolute atomic E-state index is 13.0. The Morgan fingerprint density at radius 3 is 2.48 bits per heavy atom. The third kappa shape index (κ3) is 5.44. The van der Waals surface area contributed by atoms with Crippen molar-refractivity contribution in [3.63, 3.8) is 0 Å². The molecule has 150 valence electrons. The first kappa shape index (κ1) is 20.1. The molecule has 0 spiro atoms. The van der Waals surface area contributed by atoms with Gasteiger partial charge in [-0.05, 0) is 24.3 Å². The summed E-state index contributed by atoms with van der Waals surface area (Å²) in [5.41, 5.74) is 2.23. The number of carbonyl (C=O) groups is 1. The molecular weight excluding hydrogens is 405 g/mol. The van der Waals surface area contributed by atoms with Gasteiger partial charge >= 0.3 is 0 Å². The van der Waals surface area contributed by atoms with Gasteiger partial charge in [-0.3, -0.25) is 9.69 Å². The molecule has 3 aromatic rings. The first-order valence-corrected chi connectivity index (χ1v) is 11.4. The number of piperazine rings is 1. The van der Waals surface area contributed by atoms with E-state index in [9.17, 15) is 9.18 Å². The highest BCUT2D eigenvalue weighted by molar-refractivity contribution is 8.00. The van der Waals surface area contributed by atoms with Crippen LogP contribution in [0.3, 0.4) is 0 Å². The molecule has 0 N–H and O–H groups in total. The van der Waals surface area contributed by atoms with Crippen LogP contribution >= 0.6 is 23.1 Å². The molecule has 2 aromatic carbocycles. The summed E-state index contributed by atoms with van der Waals surface area (Å²) >= 11 is 3.13. The molecule has 4 rings (SSSR count). The van der Waals surface area contributed by atoms with E-state index in [4.69, 9.17) is 4.98 Å². The van der Waals surface area contributed by atoms with E-state index < -0.39 is 0 Å². The molecule has 0 saturated carbocycles. The SMILES string of the molecule is O=C(CSc1ccc(F)cc1)N1CCN(Cc2csc(-c3ccccc3)n2)CC1. The van der Waals surface area contributed by atoms with Crippen molar-refractivity contribution < 1.29 is 9.18 Å². The van der Waals surface area contributed by atoms with Crippen LogP contribution in [-0.2, 0) is 11.3 Å². The highest BCUT2D eigenvalue weighted by Gasteiger charge is 2.21. The smallest absolute Gasteiger partial charge is 0.233 e. The largest absolute Gasteiger partial charge is 0.339 e. The fourth-order valence-electron chi connectivity index (χ4n) is 3.24. The zero-order valence-corrected chi connectivity index (χ0v) is 17.6. The number of thioether (sulfide) groups is 1. The third-order valence-electron chi connectivity index (χ3n) is 4.86. The lowest BCUT2D eigenvalue weighted by Gasteiger charge is -2.34. The van der Waals surface area contributed by atoms with Gasteiger partial charge in [0.25, 0.3) is 0 Å². The van der Waals surface area contributed by atoms with Gasteiger partial charge in [0, 0.05) is 48.6 Å². The van der Waals surface area contributed by atoms with E-state index in [0.717, 1.165) is 53.9 Å². The Balaban J connectivity index is 1.23. The van der Waals surface area contributed by atoms with Crippen LogP contribution in [0.25, 0.3) is 10.6 Å². The van der Waals surface area contributed by atoms with Gasteiger partial charge in [0.15, 0.2) is 0 Å². The first-order chi connectivity index (χ1) is 14.2. The van der Waals surface area contributed by atoms with Gasteiger partial charge in [0.1, 0.15) is 10.8 Å². The van der Waals surface area contributed by atoms with Crippen molar-refractivity contribution in [2.75, 3.05) is 31.9 Å². The fourth-order valence-corrected chi connectivity index (χ4v) is 4.86. The van der Waals surface area contributed by atoms with Crippen molar-refractivity contribution >= 4 is 29.0 Å². The number of halogens is 1. The lowest BCUT2D eigenvalue weighted by molar-refractivity contribution is -0.130. The lowest BCUT2D eigenvalue weighted by atomic mass is 10.2. The summed E-state index contributed by atoms with van der Waals surface area (Å²) in [6.45, 7) is 3.99. The summed E-state index contributed by atoms with van der Waals surface area (Å²) in [4.78, 5) is 22.4. The Kier molecular flexibility index (Phi) is 6.59. The lowest BCUT2D eigenvalue weighted by Crippen LogP contribution is -2.48. The molecule has 1 amide bonds. The molecule has 1 aromatic heterocycles. The van der Waals surface area contributed by atoms with Crippen LogP contribution in [-0.4, -0.2) is 52.6 Å². The van der Waals surface area contributed by atoms with E-state index in [2.05, 4.69) is 22.4 Å². The monoisotopic (exact) mass is 427 g/mol. The molecule has 0 bridgehead atoms. The number of hydrogen-bond acceptors (Lipinski definition) is 5. The summed E-state index contributed by atoms with van der Waals surface area (Å²) in [6, 6.07) is 16.5. The number of rotatable bonds is 6. The molecule has 1 aliphatic heterocycles. The van der Waals surface area contributed by atoms with Gasteiger partial charge in [-0.1, -0.05) is 30.3 Å². The first-order valence-electron chi connectivity index (χ1n) is 9.56. The molecule has 7 heteroatoms. The maximum Gasteiger partial charge on any atom is 0.233 e. The highest BCUT2D eigenvalue weighted by Crippen LogP contribution is 2.24. The Morgan fingerprint density at radius 2 is 1.76 bits per heavy atom. The zero-order valence-electron chi connectivity index (χ0n) is 16.0. The number of hydrogen-bond donors (Lipinski definition) is 0. The third-order valence-corrected chi connectivity index (χ3v) is 6.80. The molecule has 0 unspecified atom stereocenters. The average Bonchev–Trinajstić information content (AvgIpc) is 3.23. The van der Waals surface area contributed by atoms with Crippen LogP contribution in [0.5, 0.6) is 0 Å². The minimum Gasteiger partial charge on any atom is -0.339 e. The van der Waals surface area contributed by atoms with E-state index in [1.807, 2.05) is 23.1 Å². The number of aromatic nitrogens is 1. The normalized spacial score (nSPS) is 14.9. The Morgan fingerprint density at radius 1 is 1.03 bits per heavy atom. The Hall–Kier alpha value is -2.22. The van der Waals surface area contributed by atoms with Crippen LogP contribution in [0.2, 0.25) is 0 Å². The van der Waals surface area contributed by atoms with Gasteiger partial charge < -0.3 is 4.90 Å². The molecule has 0 radical (unpaired) electrons. The van der Waals surface area contributed by atoms with Gasteiger partial charge in [-0.2, -0.15) is 0 Å². The van der Waals surface area contributed by atoms with Gasteiger partial charge in [-0.25, -0.2) is 9.37 Å². The van der Waals surface area contributed by atoms with Gasteiger partial charge in [-0.15, -0.1) is 23.1 Å². The Bertz CT molecular complexity index is 938. The number of benzene rings is 2. The van der Waals surface area contributed by atoms with Crippen molar-refractivity contribution in [3.8, 4) is 10.6 Å². The van der Waals surface area contributed by atoms with E-state index in [0.29, 0.717) is 5.75 Å². The van der Waals surface area contributed by atoms with Crippen LogP contribution in [0.4, 0.5) is 4.39 Å². The molecule has 0 atom stereocenters. The molecule has 1 fully saturated rings. The molecule has 29 heavy (non-hydrogen) atoms. The highest BCUT2D eigenvalue weighted by atomic mass is 32.2. The summed E-state index contributed by atoms with van der Waals surface area (Å²) in [5.74, 6) is 0.268. The van der Waals surface area contributed by atoms with Gasteiger partial charge in [0.05, 0.1) is 11.4 Å². The second kappa shape index (κ2) is 9.52. The average molecular weight is 428 g/mol. The van der Waals surface area contributed by atoms with Crippen molar-refractivity contribution in [2.45, 2.75) is 11.4 Å². The minimum atomic E-state index is -0.257. The number of nitrogens with zero attached hydrogens (tertiary/aromatic N) is 3. The van der Waals surface area contributed by atoms with Crippen molar-refractivity contribution in [1.29, 1.82) is 0 Å². The standard InChI is InChI=1S/C22H22FN3OS2/c23-18-6-8-20(9-7-18)28-16-21(27)26-12-10-25(11-13-26)14-19-15-29-22(24-19)17-4-2-1-3-5-17/h1-9,15H,10-14,16H2.